The van der Waals surface area contributed by atoms with Gasteiger partial charge in [-0.1, -0.05) is 46.3 Å². The minimum Gasteiger partial charge on any atom is -0.492 e. The van der Waals surface area contributed by atoms with Crippen LogP contribution in [0.5, 0.6) is 11.5 Å². The molecule has 1 fully saturated rings. The summed E-state index contributed by atoms with van der Waals surface area (Å²) in [4.78, 5) is 39.1. The van der Waals surface area contributed by atoms with Crippen LogP contribution in [0.4, 0.5) is 10.5 Å². The van der Waals surface area contributed by atoms with E-state index < -0.39 is 5.91 Å². The second kappa shape index (κ2) is 11.9. The van der Waals surface area contributed by atoms with E-state index in [0.717, 1.165) is 26.7 Å². The Bertz CT molecular complexity index is 1310. The molecule has 0 saturated carbocycles. The number of amides is 3. The van der Waals surface area contributed by atoms with Gasteiger partial charge in [-0.15, -0.1) is 0 Å². The Kier molecular flexibility index (Phi) is 8.45. The highest BCUT2D eigenvalue weighted by Gasteiger charge is 2.35. The zero-order chi connectivity index (χ0) is 25.5. The average Bonchev–Trinajstić information content (AvgIpc) is 3.11. The first-order valence-electron chi connectivity index (χ1n) is 11.1. The van der Waals surface area contributed by atoms with E-state index in [1.165, 1.54) is 0 Å². The molecule has 0 bridgehead atoms. The second-order valence-corrected chi connectivity index (χ2v) is 9.79. The lowest BCUT2D eigenvalue weighted by Crippen LogP contribution is -2.32. The van der Waals surface area contributed by atoms with Crippen molar-refractivity contribution in [3.05, 3.63) is 93.3 Å². The largest absolute Gasteiger partial charge is 0.492 e. The molecule has 36 heavy (non-hydrogen) atoms. The molecule has 0 aliphatic carbocycles. The summed E-state index contributed by atoms with van der Waals surface area (Å²) in [6.45, 7) is 2.08. The summed E-state index contributed by atoms with van der Waals surface area (Å²) in [7, 11) is 0. The maximum Gasteiger partial charge on any atom is 0.293 e. The van der Waals surface area contributed by atoms with Crippen molar-refractivity contribution in [2.75, 3.05) is 25.1 Å². The SMILES string of the molecule is Cc1cccc(OCCN2C(=O)S/C(=C\c3cc(Br)ccc3OCC(=O)Nc3ccccc3)C2=O)c1. The second-order valence-electron chi connectivity index (χ2n) is 7.88. The fourth-order valence-corrected chi connectivity index (χ4v) is 4.65. The molecule has 1 aliphatic heterocycles. The normalized spacial score (nSPS) is 14.3. The molecular formula is C27H23BrN2O5S. The quantitative estimate of drug-likeness (QED) is 0.325. The van der Waals surface area contributed by atoms with Gasteiger partial charge in [0.1, 0.15) is 18.1 Å². The van der Waals surface area contributed by atoms with Crippen molar-refractivity contribution < 1.29 is 23.9 Å². The Morgan fingerprint density at radius 3 is 2.61 bits per heavy atom. The Labute approximate surface area is 221 Å². The maximum absolute atomic E-state index is 12.9. The smallest absolute Gasteiger partial charge is 0.293 e. The summed E-state index contributed by atoms with van der Waals surface area (Å²) in [6.07, 6.45) is 1.60. The van der Waals surface area contributed by atoms with Crippen molar-refractivity contribution in [3.63, 3.8) is 0 Å². The predicted molar refractivity (Wildman–Crippen MR) is 144 cm³/mol. The van der Waals surface area contributed by atoms with E-state index >= 15 is 0 Å². The molecule has 9 heteroatoms. The number of hydrogen-bond donors (Lipinski definition) is 1. The number of imide groups is 1. The molecule has 3 aromatic carbocycles. The van der Waals surface area contributed by atoms with Crippen molar-refractivity contribution in [1.82, 2.24) is 4.90 Å². The van der Waals surface area contributed by atoms with E-state index in [-0.39, 0.29) is 35.8 Å². The molecule has 0 atom stereocenters. The van der Waals surface area contributed by atoms with Gasteiger partial charge in [0.2, 0.25) is 0 Å². The first-order chi connectivity index (χ1) is 17.4. The van der Waals surface area contributed by atoms with Gasteiger partial charge in [-0.05, 0) is 72.8 Å². The third kappa shape index (κ3) is 6.77. The number of para-hydroxylation sites is 1. The van der Waals surface area contributed by atoms with Crippen molar-refractivity contribution >= 4 is 56.5 Å². The van der Waals surface area contributed by atoms with E-state index in [2.05, 4.69) is 21.2 Å². The number of halogens is 1. The predicted octanol–water partition coefficient (Wildman–Crippen LogP) is 5.89. The monoisotopic (exact) mass is 566 g/mol. The fraction of sp³-hybridized carbons (Fsp3) is 0.148. The number of thioether (sulfide) groups is 1. The van der Waals surface area contributed by atoms with Crippen molar-refractivity contribution in [2.45, 2.75) is 6.92 Å². The van der Waals surface area contributed by atoms with Gasteiger partial charge in [0.25, 0.3) is 17.1 Å². The Balaban J connectivity index is 1.40. The van der Waals surface area contributed by atoms with Gasteiger partial charge in [-0.25, -0.2) is 0 Å². The Hall–Kier alpha value is -3.56. The third-order valence-corrected chi connectivity index (χ3v) is 6.52. The van der Waals surface area contributed by atoms with Crippen LogP contribution in [-0.2, 0) is 9.59 Å². The molecule has 1 heterocycles. The van der Waals surface area contributed by atoms with Crippen LogP contribution in [0.25, 0.3) is 6.08 Å². The van der Waals surface area contributed by atoms with E-state index in [9.17, 15) is 14.4 Å². The summed E-state index contributed by atoms with van der Waals surface area (Å²) in [5.74, 6) is 0.385. The lowest BCUT2D eigenvalue weighted by molar-refractivity contribution is -0.123. The van der Waals surface area contributed by atoms with Gasteiger partial charge in [0.05, 0.1) is 11.4 Å². The van der Waals surface area contributed by atoms with Crippen LogP contribution in [0.2, 0.25) is 0 Å². The molecular weight excluding hydrogens is 544 g/mol. The molecule has 7 nitrogen and oxygen atoms in total. The molecule has 184 valence electrons. The Morgan fingerprint density at radius 1 is 1.03 bits per heavy atom. The van der Waals surface area contributed by atoms with Crippen LogP contribution < -0.4 is 14.8 Å². The number of benzene rings is 3. The lowest BCUT2D eigenvalue weighted by Gasteiger charge is -2.13. The van der Waals surface area contributed by atoms with Crippen LogP contribution in [0.15, 0.2) is 82.2 Å². The number of hydrogen-bond acceptors (Lipinski definition) is 6. The van der Waals surface area contributed by atoms with Gasteiger partial charge in [0, 0.05) is 15.7 Å². The third-order valence-electron chi connectivity index (χ3n) is 5.12. The maximum atomic E-state index is 12.9. The van der Waals surface area contributed by atoms with Crippen molar-refractivity contribution in [1.29, 1.82) is 0 Å². The number of nitrogens with one attached hydrogen (secondary N) is 1. The average molecular weight is 567 g/mol. The number of aryl methyl sites for hydroxylation is 1. The summed E-state index contributed by atoms with van der Waals surface area (Å²) in [6, 6.07) is 21.9. The molecule has 1 aliphatic rings. The van der Waals surface area contributed by atoms with Crippen LogP contribution in [0.1, 0.15) is 11.1 Å². The molecule has 0 aromatic heterocycles. The van der Waals surface area contributed by atoms with Crippen LogP contribution in [0, 0.1) is 6.92 Å². The zero-order valence-electron chi connectivity index (χ0n) is 19.4. The van der Waals surface area contributed by atoms with E-state index in [4.69, 9.17) is 9.47 Å². The molecule has 0 spiro atoms. The van der Waals surface area contributed by atoms with Gasteiger partial charge in [-0.3, -0.25) is 19.3 Å². The summed E-state index contributed by atoms with van der Waals surface area (Å²) < 4.78 is 12.2. The fourth-order valence-electron chi connectivity index (χ4n) is 3.42. The lowest BCUT2D eigenvalue weighted by atomic mass is 10.2. The number of carbonyl (C=O) groups is 3. The molecule has 1 N–H and O–H groups in total. The number of rotatable bonds is 9. The molecule has 1 saturated heterocycles. The highest BCUT2D eigenvalue weighted by Crippen LogP contribution is 2.34. The van der Waals surface area contributed by atoms with Gasteiger partial charge in [0.15, 0.2) is 6.61 Å². The van der Waals surface area contributed by atoms with Gasteiger partial charge >= 0.3 is 0 Å². The number of carbonyl (C=O) groups excluding carboxylic acids is 3. The zero-order valence-corrected chi connectivity index (χ0v) is 21.8. The highest BCUT2D eigenvalue weighted by molar-refractivity contribution is 9.10. The van der Waals surface area contributed by atoms with Crippen LogP contribution in [0.3, 0.4) is 0 Å². The molecule has 0 radical (unpaired) electrons. The number of anilines is 1. The minimum absolute atomic E-state index is 0.136. The van der Waals surface area contributed by atoms with Crippen LogP contribution in [-0.4, -0.2) is 41.7 Å². The van der Waals surface area contributed by atoms with E-state index in [0.29, 0.717) is 22.7 Å². The molecule has 3 aromatic rings. The standard InChI is InChI=1S/C27H23BrN2O5S/c1-18-6-5-9-22(14-18)34-13-12-30-26(32)24(36-27(30)33)16-19-15-20(28)10-11-23(19)35-17-25(31)29-21-7-3-2-4-8-21/h2-11,14-16H,12-13,17H2,1H3,(H,29,31)/b24-16-. The van der Waals surface area contributed by atoms with E-state index in [1.54, 1.807) is 36.4 Å². The van der Waals surface area contributed by atoms with Crippen molar-refractivity contribution in [3.8, 4) is 11.5 Å². The van der Waals surface area contributed by atoms with E-state index in [1.807, 2.05) is 49.4 Å². The highest BCUT2D eigenvalue weighted by atomic mass is 79.9. The number of nitrogens with zero attached hydrogens (tertiary/aromatic N) is 1. The first-order valence-corrected chi connectivity index (χ1v) is 12.7. The minimum atomic E-state index is -0.398. The molecule has 3 amide bonds. The molecule has 4 rings (SSSR count). The summed E-state index contributed by atoms with van der Waals surface area (Å²) in [5, 5.41) is 2.40. The summed E-state index contributed by atoms with van der Waals surface area (Å²) in [5.41, 5.74) is 2.30. The Morgan fingerprint density at radius 2 is 1.83 bits per heavy atom. The first kappa shape index (κ1) is 25.5. The number of ether oxygens (including phenoxy) is 2. The topological polar surface area (TPSA) is 84.9 Å². The molecule has 0 unspecified atom stereocenters. The van der Waals surface area contributed by atoms with Gasteiger partial charge < -0.3 is 14.8 Å². The van der Waals surface area contributed by atoms with Gasteiger partial charge in [-0.2, -0.15) is 0 Å². The van der Waals surface area contributed by atoms with Crippen LogP contribution >= 0.6 is 27.7 Å². The van der Waals surface area contributed by atoms with Crippen molar-refractivity contribution in [2.24, 2.45) is 0 Å². The summed E-state index contributed by atoms with van der Waals surface area (Å²) >= 11 is 4.28.